The van der Waals surface area contributed by atoms with Crippen molar-refractivity contribution in [2.45, 2.75) is 38.2 Å². The third kappa shape index (κ3) is 2.64. The Morgan fingerprint density at radius 1 is 1.56 bits per heavy atom. The van der Waals surface area contributed by atoms with Gasteiger partial charge in [0.2, 0.25) is 0 Å². The van der Waals surface area contributed by atoms with Crippen molar-refractivity contribution in [1.82, 2.24) is 0 Å². The lowest BCUT2D eigenvalue weighted by Gasteiger charge is -2.37. The van der Waals surface area contributed by atoms with Gasteiger partial charge in [0.25, 0.3) is 0 Å². The standard InChI is InChI=1S/C14H19NO3/c1-14(2)7-10(8-15)11-4-3-9(6-13(16)17)5-12(11)18-14/h3-5,10H,6-8,15H2,1-2H3,(H,16,17). The minimum atomic E-state index is -0.833. The first-order chi connectivity index (χ1) is 8.41. The van der Waals surface area contributed by atoms with Crippen LogP contribution in [0.15, 0.2) is 18.2 Å². The number of rotatable bonds is 3. The predicted molar refractivity (Wildman–Crippen MR) is 68.9 cm³/mol. The molecule has 98 valence electrons. The van der Waals surface area contributed by atoms with E-state index in [1.807, 2.05) is 32.0 Å². The predicted octanol–water partition coefficient (Wildman–Crippen LogP) is 1.92. The molecule has 0 radical (unpaired) electrons. The molecule has 1 aliphatic rings. The third-order valence-corrected chi connectivity index (χ3v) is 3.28. The fraction of sp³-hybridized carbons (Fsp3) is 0.500. The van der Waals surface area contributed by atoms with Crippen LogP contribution in [-0.2, 0) is 11.2 Å². The Morgan fingerprint density at radius 3 is 2.89 bits per heavy atom. The van der Waals surface area contributed by atoms with Crippen molar-refractivity contribution in [2.24, 2.45) is 5.73 Å². The summed E-state index contributed by atoms with van der Waals surface area (Å²) < 4.78 is 5.93. The first kappa shape index (κ1) is 12.9. The highest BCUT2D eigenvalue weighted by Crippen LogP contribution is 2.40. The fourth-order valence-corrected chi connectivity index (χ4v) is 2.54. The number of carbonyl (C=O) groups is 1. The molecule has 1 atom stereocenters. The molecule has 1 unspecified atom stereocenters. The van der Waals surface area contributed by atoms with E-state index in [2.05, 4.69) is 0 Å². The molecule has 4 nitrogen and oxygen atoms in total. The number of fused-ring (bicyclic) bond motifs is 1. The zero-order valence-corrected chi connectivity index (χ0v) is 10.8. The molecule has 0 bridgehead atoms. The molecule has 0 aromatic heterocycles. The summed E-state index contributed by atoms with van der Waals surface area (Å²) in [6, 6.07) is 5.62. The topological polar surface area (TPSA) is 72.6 Å². The monoisotopic (exact) mass is 249 g/mol. The van der Waals surface area contributed by atoms with Crippen LogP contribution in [0.5, 0.6) is 5.75 Å². The lowest BCUT2D eigenvalue weighted by molar-refractivity contribution is -0.136. The number of hydrogen-bond acceptors (Lipinski definition) is 3. The van der Waals surface area contributed by atoms with Gasteiger partial charge in [0, 0.05) is 5.92 Å². The van der Waals surface area contributed by atoms with E-state index >= 15 is 0 Å². The third-order valence-electron chi connectivity index (χ3n) is 3.28. The fourth-order valence-electron chi connectivity index (χ4n) is 2.54. The number of carboxylic acid groups (broad SMARTS) is 1. The quantitative estimate of drug-likeness (QED) is 0.858. The summed E-state index contributed by atoms with van der Waals surface area (Å²) in [6.07, 6.45) is 0.902. The number of aliphatic carboxylic acids is 1. The van der Waals surface area contributed by atoms with Gasteiger partial charge in [-0.2, -0.15) is 0 Å². The van der Waals surface area contributed by atoms with Crippen molar-refractivity contribution in [2.75, 3.05) is 6.54 Å². The molecule has 3 N–H and O–H groups in total. The van der Waals surface area contributed by atoms with Crippen LogP contribution >= 0.6 is 0 Å². The highest BCUT2D eigenvalue weighted by Gasteiger charge is 2.33. The van der Waals surface area contributed by atoms with Crippen molar-refractivity contribution in [1.29, 1.82) is 0 Å². The number of ether oxygens (including phenoxy) is 1. The molecule has 2 rings (SSSR count). The second-order valence-corrected chi connectivity index (χ2v) is 5.44. The van der Waals surface area contributed by atoms with E-state index in [-0.39, 0.29) is 17.9 Å². The molecule has 4 heteroatoms. The second kappa shape index (κ2) is 4.61. The summed E-state index contributed by atoms with van der Waals surface area (Å²) in [4.78, 5) is 10.7. The van der Waals surface area contributed by atoms with E-state index < -0.39 is 5.97 Å². The molecular formula is C14H19NO3. The first-order valence-corrected chi connectivity index (χ1v) is 6.15. The van der Waals surface area contributed by atoms with Crippen LogP contribution in [0.1, 0.15) is 37.3 Å². The van der Waals surface area contributed by atoms with E-state index in [1.165, 1.54) is 0 Å². The van der Waals surface area contributed by atoms with E-state index in [0.717, 1.165) is 23.3 Å². The van der Waals surface area contributed by atoms with Crippen molar-refractivity contribution >= 4 is 5.97 Å². The molecule has 1 aromatic rings. The van der Waals surface area contributed by atoms with Gasteiger partial charge in [0.05, 0.1) is 6.42 Å². The van der Waals surface area contributed by atoms with Gasteiger partial charge in [0.1, 0.15) is 11.4 Å². The Bertz CT molecular complexity index is 468. The number of nitrogens with two attached hydrogens (primary N) is 1. The molecule has 0 aliphatic carbocycles. The molecule has 1 aromatic carbocycles. The molecule has 0 spiro atoms. The Labute approximate surface area is 107 Å². The number of hydrogen-bond donors (Lipinski definition) is 2. The minimum Gasteiger partial charge on any atom is -0.488 e. The van der Waals surface area contributed by atoms with Crippen LogP contribution in [0.2, 0.25) is 0 Å². The maximum Gasteiger partial charge on any atom is 0.307 e. The van der Waals surface area contributed by atoms with E-state index in [0.29, 0.717) is 6.54 Å². The molecule has 0 saturated heterocycles. The van der Waals surface area contributed by atoms with E-state index in [1.54, 1.807) is 0 Å². The normalized spacial score (nSPS) is 20.9. The molecule has 0 saturated carbocycles. The summed E-state index contributed by atoms with van der Waals surface area (Å²) in [5.41, 5.74) is 7.41. The maximum absolute atomic E-state index is 10.7. The van der Waals surface area contributed by atoms with Gasteiger partial charge in [-0.25, -0.2) is 0 Å². The van der Waals surface area contributed by atoms with Gasteiger partial charge in [-0.1, -0.05) is 12.1 Å². The Balaban J connectivity index is 2.36. The molecule has 0 amide bonds. The average Bonchev–Trinajstić information content (AvgIpc) is 2.25. The van der Waals surface area contributed by atoms with Crippen LogP contribution in [0, 0.1) is 0 Å². The average molecular weight is 249 g/mol. The van der Waals surface area contributed by atoms with Crippen LogP contribution in [0.4, 0.5) is 0 Å². The molecule has 0 fully saturated rings. The van der Waals surface area contributed by atoms with E-state index in [4.69, 9.17) is 15.6 Å². The number of carboxylic acids is 1. The van der Waals surface area contributed by atoms with Gasteiger partial charge < -0.3 is 15.6 Å². The highest BCUT2D eigenvalue weighted by atomic mass is 16.5. The Morgan fingerprint density at radius 2 is 2.28 bits per heavy atom. The summed E-state index contributed by atoms with van der Waals surface area (Å²) in [6.45, 7) is 4.64. The Hall–Kier alpha value is -1.55. The minimum absolute atomic E-state index is 0.0182. The summed E-state index contributed by atoms with van der Waals surface area (Å²) in [5, 5.41) is 8.81. The van der Waals surface area contributed by atoms with Gasteiger partial charge in [-0.05, 0) is 44.0 Å². The molecule has 1 aliphatic heterocycles. The van der Waals surface area contributed by atoms with Crippen molar-refractivity contribution in [3.05, 3.63) is 29.3 Å². The summed E-state index contributed by atoms with van der Waals surface area (Å²) in [7, 11) is 0. The van der Waals surface area contributed by atoms with Crippen LogP contribution < -0.4 is 10.5 Å². The molecular weight excluding hydrogens is 230 g/mol. The lowest BCUT2D eigenvalue weighted by atomic mass is 9.84. The van der Waals surface area contributed by atoms with Crippen molar-refractivity contribution in [3.63, 3.8) is 0 Å². The van der Waals surface area contributed by atoms with Gasteiger partial charge in [0.15, 0.2) is 0 Å². The van der Waals surface area contributed by atoms with Crippen molar-refractivity contribution < 1.29 is 14.6 Å². The van der Waals surface area contributed by atoms with Crippen LogP contribution in [-0.4, -0.2) is 23.2 Å². The maximum atomic E-state index is 10.7. The van der Waals surface area contributed by atoms with Gasteiger partial charge in [-0.15, -0.1) is 0 Å². The number of benzene rings is 1. The summed E-state index contributed by atoms with van der Waals surface area (Å²) >= 11 is 0. The van der Waals surface area contributed by atoms with Gasteiger partial charge in [-0.3, -0.25) is 4.79 Å². The SMILES string of the molecule is CC1(C)CC(CN)c2ccc(CC(=O)O)cc2O1. The van der Waals surface area contributed by atoms with Crippen LogP contribution in [0.3, 0.4) is 0 Å². The zero-order chi connectivity index (χ0) is 13.3. The van der Waals surface area contributed by atoms with Crippen molar-refractivity contribution in [3.8, 4) is 5.75 Å². The van der Waals surface area contributed by atoms with E-state index in [9.17, 15) is 4.79 Å². The zero-order valence-electron chi connectivity index (χ0n) is 10.8. The first-order valence-electron chi connectivity index (χ1n) is 6.15. The summed E-state index contributed by atoms with van der Waals surface area (Å²) in [5.74, 6) is 0.225. The second-order valence-electron chi connectivity index (χ2n) is 5.44. The largest absolute Gasteiger partial charge is 0.488 e. The van der Waals surface area contributed by atoms with Gasteiger partial charge >= 0.3 is 5.97 Å². The molecule has 18 heavy (non-hydrogen) atoms. The molecule has 1 heterocycles. The smallest absolute Gasteiger partial charge is 0.307 e. The van der Waals surface area contributed by atoms with Crippen LogP contribution in [0.25, 0.3) is 0 Å². The highest BCUT2D eigenvalue weighted by molar-refractivity contribution is 5.70. The lowest BCUT2D eigenvalue weighted by Crippen LogP contribution is -2.37. The Kier molecular flexibility index (Phi) is 3.30.